The highest BCUT2D eigenvalue weighted by molar-refractivity contribution is 7.00. The van der Waals surface area contributed by atoms with E-state index in [2.05, 4.69) is 243 Å². The van der Waals surface area contributed by atoms with Gasteiger partial charge in [0.15, 0.2) is 0 Å². The SMILES string of the molecule is Cc1cc2c3c(c1)N(c1ccc(C(C)(C)C)cc1-c1ccccc1)c1ccc(C(C)(C)C)cc1B3c1ccc(N3c4ccccc4C4(C)CCCCCC34C)cc1N2c1ccc(C(C)(C)C)cc1. The highest BCUT2D eigenvalue weighted by atomic mass is 15.3. The molecule has 3 heterocycles. The minimum absolute atomic E-state index is 0.00786. The standard InChI is InChI=1S/C64H70BN3/c1-42-37-57-59-58(38-42)67(53-33-27-45(61(5,6)7)39-49(53)43-21-15-13-16-22-43)55-34-28-46(62(8,9)10)40-52(55)65(59)51-32-31-48(41-56(51)66(57)47-29-25-44(26-30-47)60(2,3)4)68-54-24-18-17-23-50(54)63(11)35-19-14-20-36-64(63,68)12/h13,15-18,21-34,37-41H,14,19-20,35-36H2,1-12H3. The van der Waals surface area contributed by atoms with Crippen molar-refractivity contribution in [3.8, 4) is 11.1 Å². The summed E-state index contributed by atoms with van der Waals surface area (Å²) >= 11 is 0. The number of hydrogen-bond donors (Lipinski definition) is 0. The van der Waals surface area contributed by atoms with Crippen LogP contribution in [0.15, 0.2) is 146 Å². The molecule has 2 unspecified atom stereocenters. The molecule has 7 aromatic carbocycles. The fourth-order valence-corrected chi connectivity index (χ4v) is 12.7. The quantitative estimate of drug-likeness (QED) is 0.163. The molecule has 0 amide bonds. The van der Waals surface area contributed by atoms with E-state index in [-0.39, 0.29) is 33.9 Å². The average Bonchev–Trinajstić information content (AvgIpc) is 3.37. The minimum atomic E-state index is -0.0600. The molecule has 0 radical (unpaired) electrons. The van der Waals surface area contributed by atoms with Crippen LogP contribution in [0, 0.1) is 6.92 Å². The molecule has 1 aliphatic carbocycles. The van der Waals surface area contributed by atoms with Gasteiger partial charge in [0.05, 0.1) is 11.2 Å². The lowest BCUT2D eigenvalue weighted by Crippen LogP contribution is -2.61. The summed E-state index contributed by atoms with van der Waals surface area (Å²) in [6.45, 7) is 28.5. The minimum Gasteiger partial charge on any atom is -0.334 e. The van der Waals surface area contributed by atoms with Gasteiger partial charge in [0.1, 0.15) is 0 Å². The lowest BCUT2D eigenvalue weighted by atomic mass is 9.33. The Balaban J connectivity index is 1.21. The van der Waals surface area contributed by atoms with E-state index in [1.807, 2.05) is 0 Å². The summed E-state index contributed by atoms with van der Waals surface area (Å²) in [7, 11) is 0. The Morgan fingerprint density at radius 1 is 0.456 bits per heavy atom. The van der Waals surface area contributed by atoms with E-state index in [0.717, 1.165) is 0 Å². The van der Waals surface area contributed by atoms with E-state index in [1.165, 1.54) is 133 Å². The van der Waals surface area contributed by atoms with Crippen molar-refractivity contribution in [1.82, 2.24) is 0 Å². The number of anilines is 8. The number of hydrogen-bond acceptors (Lipinski definition) is 3. The molecule has 11 rings (SSSR count). The van der Waals surface area contributed by atoms with Crippen molar-refractivity contribution in [2.45, 2.75) is 142 Å². The molecule has 1 fully saturated rings. The number of nitrogens with zero attached hydrogens (tertiary/aromatic N) is 3. The van der Waals surface area contributed by atoms with Gasteiger partial charge in [0, 0.05) is 50.8 Å². The van der Waals surface area contributed by atoms with Crippen LogP contribution in [0.25, 0.3) is 11.1 Å². The molecule has 3 aliphatic heterocycles. The molecule has 0 bridgehead atoms. The number of rotatable bonds is 4. The first-order valence-corrected chi connectivity index (χ1v) is 25.5. The van der Waals surface area contributed by atoms with Crippen LogP contribution >= 0.6 is 0 Å². The highest BCUT2D eigenvalue weighted by Gasteiger charge is 2.57. The number of fused-ring (bicyclic) bond motifs is 7. The second-order valence-corrected chi connectivity index (χ2v) is 24.3. The Hall–Kier alpha value is -6.00. The van der Waals surface area contributed by atoms with Gasteiger partial charge in [-0.2, -0.15) is 0 Å². The van der Waals surface area contributed by atoms with Crippen molar-refractivity contribution in [1.29, 1.82) is 0 Å². The normalized spacial score (nSPS) is 19.8. The molecule has 68 heavy (non-hydrogen) atoms. The molecule has 3 nitrogen and oxygen atoms in total. The zero-order valence-corrected chi connectivity index (χ0v) is 42.8. The van der Waals surface area contributed by atoms with Gasteiger partial charge in [-0.05, 0) is 153 Å². The van der Waals surface area contributed by atoms with Gasteiger partial charge in [-0.1, -0.05) is 173 Å². The summed E-state index contributed by atoms with van der Waals surface area (Å²) in [6.07, 6.45) is 6.20. The van der Waals surface area contributed by atoms with Crippen LogP contribution in [0.2, 0.25) is 0 Å². The molecule has 1 saturated carbocycles. The lowest BCUT2D eigenvalue weighted by Gasteiger charge is -2.48. The van der Waals surface area contributed by atoms with Crippen LogP contribution in [0.1, 0.15) is 136 Å². The van der Waals surface area contributed by atoms with E-state index in [4.69, 9.17) is 0 Å². The van der Waals surface area contributed by atoms with Gasteiger partial charge < -0.3 is 14.7 Å². The zero-order chi connectivity index (χ0) is 47.7. The van der Waals surface area contributed by atoms with E-state index in [0.29, 0.717) is 0 Å². The number of benzene rings is 7. The topological polar surface area (TPSA) is 9.72 Å². The third kappa shape index (κ3) is 6.82. The smallest absolute Gasteiger partial charge is 0.252 e. The monoisotopic (exact) mass is 892 g/mol. The third-order valence-electron chi connectivity index (χ3n) is 16.8. The Morgan fingerprint density at radius 3 is 1.74 bits per heavy atom. The first kappa shape index (κ1) is 44.5. The largest absolute Gasteiger partial charge is 0.334 e. The van der Waals surface area contributed by atoms with Gasteiger partial charge in [-0.3, -0.25) is 0 Å². The van der Waals surface area contributed by atoms with Crippen LogP contribution in [0.3, 0.4) is 0 Å². The summed E-state index contributed by atoms with van der Waals surface area (Å²) < 4.78 is 0. The molecular formula is C64H70BN3. The van der Waals surface area contributed by atoms with Gasteiger partial charge in [-0.15, -0.1) is 0 Å². The fraction of sp³-hybridized carbons (Fsp3) is 0.344. The summed E-state index contributed by atoms with van der Waals surface area (Å²) in [5.74, 6) is 0. The first-order valence-electron chi connectivity index (χ1n) is 25.5. The molecule has 7 aromatic rings. The maximum atomic E-state index is 2.77. The zero-order valence-electron chi connectivity index (χ0n) is 42.8. The van der Waals surface area contributed by atoms with Crippen molar-refractivity contribution < 1.29 is 0 Å². The molecular weight excluding hydrogens is 822 g/mol. The molecule has 0 N–H and O–H groups in total. The van der Waals surface area contributed by atoms with Crippen LogP contribution in [-0.4, -0.2) is 12.3 Å². The van der Waals surface area contributed by atoms with Crippen LogP contribution in [0.4, 0.5) is 45.5 Å². The van der Waals surface area contributed by atoms with Crippen molar-refractivity contribution in [2.75, 3.05) is 14.7 Å². The molecule has 0 spiro atoms. The molecule has 2 atom stereocenters. The summed E-state index contributed by atoms with van der Waals surface area (Å²) in [6, 6.07) is 57.0. The second-order valence-electron chi connectivity index (χ2n) is 24.3. The van der Waals surface area contributed by atoms with Gasteiger partial charge in [0.25, 0.3) is 6.71 Å². The third-order valence-corrected chi connectivity index (χ3v) is 16.8. The van der Waals surface area contributed by atoms with Crippen LogP contribution in [0.5, 0.6) is 0 Å². The predicted molar refractivity (Wildman–Crippen MR) is 294 cm³/mol. The van der Waals surface area contributed by atoms with Gasteiger partial charge >= 0.3 is 0 Å². The summed E-state index contributed by atoms with van der Waals surface area (Å²) in [4.78, 5) is 8.02. The molecule has 0 saturated heterocycles. The van der Waals surface area contributed by atoms with Crippen LogP contribution < -0.4 is 31.1 Å². The average molecular weight is 892 g/mol. The maximum absolute atomic E-state index is 2.77. The Labute approximate surface area is 408 Å². The maximum Gasteiger partial charge on any atom is 0.252 e. The van der Waals surface area contributed by atoms with Gasteiger partial charge in [-0.25, -0.2) is 0 Å². The van der Waals surface area contributed by atoms with E-state index in [1.54, 1.807) is 0 Å². The van der Waals surface area contributed by atoms with Crippen molar-refractivity contribution >= 4 is 68.6 Å². The van der Waals surface area contributed by atoms with E-state index < -0.39 is 0 Å². The fourth-order valence-electron chi connectivity index (χ4n) is 12.7. The number of aryl methyl sites for hydroxylation is 1. The summed E-state index contributed by atoms with van der Waals surface area (Å²) in [5, 5.41) is 0. The molecule has 0 aromatic heterocycles. The van der Waals surface area contributed by atoms with E-state index >= 15 is 0 Å². The van der Waals surface area contributed by atoms with Crippen molar-refractivity contribution in [3.05, 3.63) is 173 Å². The highest BCUT2D eigenvalue weighted by Crippen LogP contribution is 2.60. The van der Waals surface area contributed by atoms with Crippen LogP contribution in [-0.2, 0) is 21.7 Å². The first-order chi connectivity index (χ1) is 32.3. The summed E-state index contributed by atoms with van der Waals surface area (Å²) in [5.41, 5.74) is 23.4. The van der Waals surface area contributed by atoms with Gasteiger partial charge in [0.2, 0.25) is 0 Å². The predicted octanol–water partition coefficient (Wildman–Crippen LogP) is 15.8. The van der Waals surface area contributed by atoms with Crippen molar-refractivity contribution in [3.63, 3.8) is 0 Å². The second kappa shape index (κ2) is 15.5. The van der Waals surface area contributed by atoms with Crippen molar-refractivity contribution in [2.24, 2.45) is 0 Å². The Kier molecular flexibility index (Phi) is 10.2. The van der Waals surface area contributed by atoms with E-state index in [9.17, 15) is 0 Å². The Bertz CT molecular complexity index is 3110. The lowest BCUT2D eigenvalue weighted by molar-refractivity contribution is 0.261. The molecule has 4 aliphatic rings. The Morgan fingerprint density at radius 2 is 1.04 bits per heavy atom. The molecule has 4 heteroatoms. The number of para-hydroxylation sites is 1. The molecule has 344 valence electrons.